The molecule has 0 unspecified atom stereocenters. The quantitative estimate of drug-likeness (QED) is 0.483. The van der Waals surface area contributed by atoms with E-state index in [1.54, 1.807) is 0 Å². The molecule has 0 aliphatic rings. The van der Waals surface area contributed by atoms with Gasteiger partial charge in [0.05, 0.1) is 17.1 Å². The van der Waals surface area contributed by atoms with Crippen molar-refractivity contribution in [1.29, 1.82) is 0 Å². The molecule has 0 saturated heterocycles. The predicted molar refractivity (Wildman–Crippen MR) is 75.9 cm³/mol. The van der Waals surface area contributed by atoms with E-state index in [-0.39, 0.29) is 22.1 Å². The molecular weight excluding hydrogens is 317 g/mol. The Bertz CT molecular complexity index is 750. The zero-order chi connectivity index (χ0) is 16.3. The van der Waals surface area contributed by atoms with Crippen LogP contribution in [0.2, 0.25) is 5.02 Å². The number of halogens is 2. The standard InChI is InChI=1S/C14H9ClFNO5/c1-21-14(18)10-7-9(3-4-12(10)17(19)20)22-13-5-2-8(16)6-11(13)15/h2-7H,1H3. The van der Waals surface area contributed by atoms with Crippen molar-refractivity contribution in [3.05, 3.63) is 62.9 Å². The van der Waals surface area contributed by atoms with E-state index in [1.807, 2.05) is 0 Å². The Kier molecular flexibility index (Phi) is 4.57. The van der Waals surface area contributed by atoms with Gasteiger partial charge in [-0.25, -0.2) is 9.18 Å². The van der Waals surface area contributed by atoms with Crippen LogP contribution in [0.1, 0.15) is 10.4 Å². The molecule has 6 nitrogen and oxygen atoms in total. The SMILES string of the molecule is COC(=O)c1cc(Oc2ccc(F)cc2Cl)ccc1[N+](=O)[O-]. The number of hydrogen-bond donors (Lipinski definition) is 0. The molecule has 22 heavy (non-hydrogen) atoms. The summed E-state index contributed by atoms with van der Waals surface area (Å²) in [4.78, 5) is 21.8. The lowest BCUT2D eigenvalue weighted by Gasteiger charge is -2.09. The van der Waals surface area contributed by atoms with Crippen molar-refractivity contribution in [2.24, 2.45) is 0 Å². The minimum absolute atomic E-state index is 0.0259. The van der Waals surface area contributed by atoms with Gasteiger partial charge < -0.3 is 9.47 Å². The van der Waals surface area contributed by atoms with Crippen LogP contribution < -0.4 is 4.74 Å². The molecule has 0 aliphatic carbocycles. The van der Waals surface area contributed by atoms with Gasteiger partial charge in [0, 0.05) is 12.1 Å². The van der Waals surface area contributed by atoms with E-state index in [2.05, 4.69) is 4.74 Å². The fraction of sp³-hybridized carbons (Fsp3) is 0.0714. The molecule has 2 aromatic carbocycles. The summed E-state index contributed by atoms with van der Waals surface area (Å²) in [6.07, 6.45) is 0. The van der Waals surface area contributed by atoms with Crippen LogP contribution in [-0.2, 0) is 4.74 Å². The summed E-state index contributed by atoms with van der Waals surface area (Å²) in [6.45, 7) is 0. The van der Waals surface area contributed by atoms with E-state index in [4.69, 9.17) is 16.3 Å². The molecule has 114 valence electrons. The number of hydrogen-bond acceptors (Lipinski definition) is 5. The van der Waals surface area contributed by atoms with Crippen molar-refractivity contribution in [1.82, 2.24) is 0 Å². The number of benzene rings is 2. The Morgan fingerprint density at radius 2 is 2.00 bits per heavy atom. The largest absolute Gasteiger partial charge is 0.465 e. The minimum atomic E-state index is -0.873. The second kappa shape index (κ2) is 6.40. The van der Waals surface area contributed by atoms with Crippen molar-refractivity contribution < 1.29 is 23.6 Å². The highest BCUT2D eigenvalue weighted by Crippen LogP contribution is 2.32. The highest BCUT2D eigenvalue weighted by molar-refractivity contribution is 6.32. The molecule has 0 bridgehead atoms. The predicted octanol–water partition coefficient (Wildman–Crippen LogP) is 3.97. The van der Waals surface area contributed by atoms with Gasteiger partial charge in [0.1, 0.15) is 22.9 Å². The first-order chi connectivity index (χ1) is 10.4. The van der Waals surface area contributed by atoms with Gasteiger partial charge in [-0.3, -0.25) is 10.1 Å². The Morgan fingerprint density at radius 1 is 1.27 bits per heavy atom. The summed E-state index contributed by atoms with van der Waals surface area (Å²) in [5, 5.41) is 10.9. The second-order valence-electron chi connectivity index (χ2n) is 4.10. The van der Waals surface area contributed by atoms with Gasteiger partial charge in [0.2, 0.25) is 0 Å². The number of methoxy groups -OCH3 is 1. The molecular formula is C14H9ClFNO5. The van der Waals surface area contributed by atoms with Crippen molar-refractivity contribution in [3.63, 3.8) is 0 Å². The van der Waals surface area contributed by atoms with E-state index >= 15 is 0 Å². The number of rotatable bonds is 4. The second-order valence-corrected chi connectivity index (χ2v) is 4.51. The van der Waals surface area contributed by atoms with Crippen molar-refractivity contribution in [2.75, 3.05) is 7.11 Å². The molecule has 2 aromatic rings. The van der Waals surface area contributed by atoms with Crippen LogP contribution in [0.5, 0.6) is 11.5 Å². The average Bonchev–Trinajstić information content (AvgIpc) is 2.49. The smallest absolute Gasteiger partial charge is 0.345 e. The van der Waals surface area contributed by atoms with Crippen molar-refractivity contribution in [3.8, 4) is 11.5 Å². The van der Waals surface area contributed by atoms with Gasteiger partial charge in [-0.2, -0.15) is 0 Å². The fourth-order valence-electron chi connectivity index (χ4n) is 1.70. The minimum Gasteiger partial charge on any atom is -0.465 e. The summed E-state index contributed by atoms with van der Waals surface area (Å²) in [5.41, 5.74) is -0.673. The van der Waals surface area contributed by atoms with E-state index < -0.39 is 22.4 Å². The van der Waals surface area contributed by atoms with Crippen LogP contribution in [-0.4, -0.2) is 18.0 Å². The third-order valence-corrected chi connectivity index (χ3v) is 2.99. The van der Waals surface area contributed by atoms with E-state index in [0.29, 0.717) is 0 Å². The molecule has 0 atom stereocenters. The third-order valence-electron chi connectivity index (χ3n) is 2.69. The first kappa shape index (κ1) is 15.7. The molecule has 0 spiro atoms. The van der Waals surface area contributed by atoms with Crippen molar-refractivity contribution >= 4 is 23.3 Å². The Balaban J connectivity index is 2.40. The van der Waals surface area contributed by atoms with Gasteiger partial charge in [-0.05, 0) is 24.3 Å². The number of carbonyl (C=O) groups is 1. The van der Waals surface area contributed by atoms with Crippen LogP contribution in [0.4, 0.5) is 10.1 Å². The molecule has 0 aromatic heterocycles. The topological polar surface area (TPSA) is 78.7 Å². The Labute approximate surface area is 129 Å². The highest BCUT2D eigenvalue weighted by Gasteiger charge is 2.22. The van der Waals surface area contributed by atoms with E-state index in [1.165, 1.54) is 12.1 Å². The van der Waals surface area contributed by atoms with Gasteiger partial charge in [0.15, 0.2) is 0 Å². The zero-order valence-corrected chi connectivity index (χ0v) is 12.0. The molecule has 0 amide bonds. The van der Waals surface area contributed by atoms with E-state index in [9.17, 15) is 19.3 Å². The molecule has 0 radical (unpaired) electrons. The first-order valence-electron chi connectivity index (χ1n) is 5.92. The zero-order valence-electron chi connectivity index (χ0n) is 11.2. The van der Waals surface area contributed by atoms with Crippen molar-refractivity contribution in [2.45, 2.75) is 0 Å². The monoisotopic (exact) mass is 325 g/mol. The third kappa shape index (κ3) is 3.32. The molecule has 0 heterocycles. The maximum Gasteiger partial charge on any atom is 0.345 e. The lowest BCUT2D eigenvalue weighted by atomic mass is 10.1. The molecule has 0 fully saturated rings. The van der Waals surface area contributed by atoms with E-state index in [0.717, 1.165) is 31.4 Å². The van der Waals surface area contributed by atoms with Gasteiger partial charge in [0.25, 0.3) is 5.69 Å². The summed E-state index contributed by atoms with van der Waals surface area (Å²) in [6, 6.07) is 7.07. The lowest BCUT2D eigenvalue weighted by molar-refractivity contribution is -0.385. The van der Waals surface area contributed by atoms with Crippen LogP contribution in [0.3, 0.4) is 0 Å². The van der Waals surface area contributed by atoms with Crippen LogP contribution in [0.15, 0.2) is 36.4 Å². The number of esters is 1. The number of nitro benzene ring substituents is 1. The fourth-order valence-corrected chi connectivity index (χ4v) is 1.90. The number of ether oxygens (including phenoxy) is 2. The molecule has 0 saturated carbocycles. The maximum absolute atomic E-state index is 13.0. The summed E-state index contributed by atoms with van der Waals surface area (Å²) in [5.74, 6) is -1.13. The Hall–Kier alpha value is -2.67. The number of carbonyl (C=O) groups excluding carboxylic acids is 1. The highest BCUT2D eigenvalue weighted by atomic mass is 35.5. The molecule has 2 rings (SSSR count). The number of nitrogens with zero attached hydrogens (tertiary/aromatic N) is 1. The molecule has 8 heteroatoms. The summed E-state index contributed by atoms with van der Waals surface area (Å²) in [7, 11) is 1.11. The number of nitro groups is 1. The molecule has 0 aliphatic heterocycles. The normalized spacial score (nSPS) is 10.1. The average molecular weight is 326 g/mol. The summed E-state index contributed by atoms with van der Waals surface area (Å²) >= 11 is 5.83. The van der Waals surface area contributed by atoms with Crippen LogP contribution in [0, 0.1) is 15.9 Å². The van der Waals surface area contributed by atoms with Gasteiger partial charge >= 0.3 is 5.97 Å². The first-order valence-corrected chi connectivity index (χ1v) is 6.30. The van der Waals surface area contributed by atoms with Crippen LogP contribution in [0.25, 0.3) is 0 Å². The molecule has 0 N–H and O–H groups in total. The van der Waals surface area contributed by atoms with Gasteiger partial charge in [-0.1, -0.05) is 11.6 Å². The van der Waals surface area contributed by atoms with Gasteiger partial charge in [-0.15, -0.1) is 0 Å². The Morgan fingerprint density at radius 3 is 2.59 bits per heavy atom. The summed E-state index contributed by atoms with van der Waals surface area (Å²) < 4.78 is 22.9. The van der Waals surface area contributed by atoms with Crippen LogP contribution >= 0.6 is 11.6 Å². The maximum atomic E-state index is 13.0. The lowest BCUT2D eigenvalue weighted by Crippen LogP contribution is -2.05.